The van der Waals surface area contributed by atoms with E-state index in [4.69, 9.17) is 0 Å². The first-order valence-corrected chi connectivity index (χ1v) is 14.0. The number of rotatable bonds is 4. The Labute approximate surface area is 217 Å². The van der Waals surface area contributed by atoms with Gasteiger partial charge in [-0.25, -0.2) is 8.42 Å². The summed E-state index contributed by atoms with van der Waals surface area (Å²) in [5.74, 6) is -0.573. The quantitative estimate of drug-likeness (QED) is 0.465. The molecule has 1 aliphatic carbocycles. The van der Waals surface area contributed by atoms with Crippen LogP contribution in [0.1, 0.15) is 51.6 Å². The fraction of sp³-hybridized carbons (Fsp3) is 0.267. The largest absolute Gasteiger partial charge is 0.269 e. The third-order valence-electron chi connectivity index (χ3n) is 8.10. The minimum absolute atomic E-state index is 0.233. The first-order valence-electron chi connectivity index (χ1n) is 12.5. The SMILES string of the molecule is Cc1ccc(S(=O)(=O)N2CC3=C(c4ccccc4)[C@@H](N4C(=O)c5ccccc5C4=O)CC[C@@]3(C)C2)cc1. The Balaban J connectivity index is 1.47. The Morgan fingerprint density at radius 2 is 1.43 bits per heavy atom. The van der Waals surface area contributed by atoms with Gasteiger partial charge in [0.2, 0.25) is 10.0 Å². The molecule has 188 valence electrons. The number of nitrogens with zero attached hydrogens (tertiary/aromatic N) is 2. The molecule has 0 spiro atoms. The molecule has 7 heteroatoms. The Morgan fingerprint density at radius 1 is 0.838 bits per heavy atom. The van der Waals surface area contributed by atoms with E-state index in [0.29, 0.717) is 30.5 Å². The first kappa shape index (κ1) is 23.8. The lowest BCUT2D eigenvalue weighted by atomic mass is 9.69. The molecule has 2 atom stereocenters. The second-order valence-corrected chi connectivity index (χ2v) is 12.4. The second-order valence-electron chi connectivity index (χ2n) is 10.5. The van der Waals surface area contributed by atoms with Gasteiger partial charge in [-0.05, 0) is 60.7 Å². The smallest absolute Gasteiger partial charge is 0.262 e. The van der Waals surface area contributed by atoms with E-state index in [0.717, 1.165) is 22.3 Å². The Bertz CT molecular complexity index is 1530. The van der Waals surface area contributed by atoms with Crippen molar-refractivity contribution >= 4 is 27.4 Å². The summed E-state index contributed by atoms with van der Waals surface area (Å²) < 4.78 is 28.9. The summed E-state index contributed by atoms with van der Waals surface area (Å²) >= 11 is 0. The third kappa shape index (κ3) is 3.68. The van der Waals surface area contributed by atoms with Crippen molar-refractivity contribution in [2.24, 2.45) is 5.41 Å². The number of hydrogen-bond donors (Lipinski definition) is 0. The van der Waals surface area contributed by atoms with Gasteiger partial charge in [0.1, 0.15) is 0 Å². The Kier molecular flexibility index (Phi) is 5.47. The fourth-order valence-corrected chi connectivity index (χ4v) is 7.64. The number of amides is 2. The molecule has 3 aliphatic rings. The highest BCUT2D eigenvalue weighted by Crippen LogP contribution is 2.51. The van der Waals surface area contributed by atoms with Gasteiger partial charge in [-0.1, -0.05) is 67.1 Å². The van der Waals surface area contributed by atoms with Crippen LogP contribution in [0.25, 0.3) is 5.57 Å². The zero-order valence-electron chi connectivity index (χ0n) is 20.8. The summed E-state index contributed by atoms with van der Waals surface area (Å²) in [5.41, 5.74) is 4.26. The van der Waals surface area contributed by atoms with Crippen molar-refractivity contribution in [1.29, 1.82) is 0 Å². The topological polar surface area (TPSA) is 74.8 Å². The van der Waals surface area contributed by atoms with Crippen molar-refractivity contribution < 1.29 is 18.0 Å². The third-order valence-corrected chi connectivity index (χ3v) is 9.90. The minimum atomic E-state index is -3.71. The molecule has 0 aromatic heterocycles. The molecule has 0 bridgehead atoms. The molecule has 2 amide bonds. The molecule has 6 rings (SSSR count). The average Bonchev–Trinajstić information content (AvgIpc) is 3.39. The molecule has 6 nitrogen and oxygen atoms in total. The molecule has 2 heterocycles. The number of hydrogen-bond acceptors (Lipinski definition) is 4. The lowest BCUT2D eigenvalue weighted by Crippen LogP contribution is -2.44. The predicted molar refractivity (Wildman–Crippen MR) is 141 cm³/mol. The molecule has 1 fully saturated rings. The van der Waals surface area contributed by atoms with E-state index >= 15 is 0 Å². The molecular weight excluding hydrogens is 484 g/mol. The Morgan fingerprint density at radius 3 is 2.05 bits per heavy atom. The van der Waals surface area contributed by atoms with Crippen LogP contribution in [0.3, 0.4) is 0 Å². The predicted octanol–water partition coefficient (Wildman–Crippen LogP) is 4.92. The molecule has 0 unspecified atom stereocenters. The summed E-state index contributed by atoms with van der Waals surface area (Å²) in [6.07, 6.45) is 1.25. The van der Waals surface area contributed by atoms with Crippen LogP contribution in [-0.2, 0) is 10.0 Å². The maximum Gasteiger partial charge on any atom is 0.262 e. The van der Waals surface area contributed by atoms with Gasteiger partial charge in [-0.15, -0.1) is 0 Å². The van der Waals surface area contributed by atoms with Crippen molar-refractivity contribution in [3.63, 3.8) is 0 Å². The van der Waals surface area contributed by atoms with E-state index in [1.165, 1.54) is 4.90 Å². The van der Waals surface area contributed by atoms with E-state index in [9.17, 15) is 18.0 Å². The van der Waals surface area contributed by atoms with Crippen molar-refractivity contribution in [2.45, 2.75) is 37.6 Å². The zero-order valence-corrected chi connectivity index (χ0v) is 21.7. The highest BCUT2D eigenvalue weighted by atomic mass is 32.2. The highest BCUT2D eigenvalue weighted by molar-refractivity contribution is 7.89. The highest BCUT2D eigenvalue weighted by Gasteiger charge is 2.51. The number of sulfonamides is 1. The molecule has 0 saturated carbocycles. The van der Waals surface area contributed by atoms with Gasteiger partial charge in [0.05, 0.1) is 22.1 Å². The van der Waals surface area contributed by atoms with Crippen LogP contribution in [0.2, 0.25) is 0 Å². The second kappa shape index (κ2) is 8.50. The summed E-state index contributed by atoms with van der Waals surface area (Å²) in [5, 5.41) is 0. The van der Waals surface area contributed by atoms with Gasteiger partial charge < -0.3 is 0 Å². The van der Waals surface area contributed by atoms with Crippen molar-refractivity contribution in [3.05, 3.63) is 107 Å². The van der Waals surface area contributed by atoms with E-state index in [2.05, 4.69) is 6.92 Å². The normalized spacial score (nSPS) is 23.9. The molecule has 0 N–H and O–H groups in total. The number of fused-ring (bicyclic) bond motifs is 2. The van der Waals surface area contributed by atoms with Crippen molar-refractivity contribution in [2.75, 3.05) is 13.1 Å². The van der Waals surface area contributed by atoms with E-state index < -0.39 is 21.5 Å². The Hall–Kier alpha value is -3.55. The number of aryl methyl sites for hydroxylation is 1. The molecule has 2 aliphatic heterocycles. The van der Waals surface area contributed by atoms with Gasteiger partial charge in [-0.2, -0.15) is 4.31 Å². The number of carbonyl (C=O) groups excluding carboxylic acids is 2. The van der Waals surface area contributed by atoms with Gasteiger partial charge >= 0.3 is 0 Å². The molecule has 0 radical (unpaired) electrons. The number of carbonyl (C=O) groups is 2. The summed E-state index contributed by atoms with van der Waals surface area (Å²) in [7, 11) is -3.71. The fourth-order valence-electron chi connectivity index (χ4n) is 6.11. The first-order chi connectivity index (χ1) is 17.7. The van der Waals surface area contributed by atoms with Crippen LogP contribution in [0.4, 0.5) is 0 Å². The van der Waals surface area contributed by atoms with Crippen LogP contribution in [0.15, 0.2) is 89.3 Å². The van der Waals surface area contributed by atoms with Crippen LogP contribution < -0.4 is 0 Å². The van der Waals surface area contributed by atoms with Gasteiger partial charge in [0.25, 0.3) is 11.8 Å². The van der Waals surface area contributed by atoms with Crippen LogP contribution in [0, 0.1) is 12.3 Å². The maximum absolute atomic E-state index is 13.6. The standard InChI is InChI=1S/C30H28N2O4S/c1-20-12-14-22(15-13-20)37(35,36)31-18-25-27(21-8-4-3-5-9-21)26(16-17-30(25,2)19-31)32-28(33)23-10-6-7-11-24(23)29(32)34/h3-15,26H,16-19H2,1-2H3/t26-,30-/m0/s1. The van der Waals surface area contributed by atoms with Gasteiger partial charge in [-0.3, -0.25) is 14.5 Å². The van der Waals surface area contributed by atoms with Crippen LogP contribution >= 0.6 is 0 Å². The summed E-state index contributed by atoms with van der Waals surface area (Å²) in [6, 6.07) is 23.2. The van der Waals surface area contributed by atoms with Crippen LogP contribution in [0.5, 0.6) is 0 Å². The monoisotopic (exact) mass is 512 g/mol. The molecular formula is C30H28N2O4S. The molecule has 1 saturated heterocycles. The van der Waals surface area contributed by atoms with E-state index in [-0.39, 0.29) is 23.3 Å². The minimum Gasteiger partial charge on any atom is -0.269 e. The lowest BCUT2D eigenvalue weighted by molar-refractivity contribution is 0.0601. The van der Waals surface area contributed by atoms with E-state index in [1.807, 2.05) is 49.4 Å². The number of benzene rings is 3. The van der Waals surface area contributed by atoms with E-state index in [1.54, 1.807) is 40.7 Å². The molecule has 37 heavy (non-hydrogen) atoms. The number of imide groups is 1. The molecule has 3 aromatic rings. The molecule has 3 aromatic carbocycles. The van der Waals surface area contributed by atoms with Gasteiger partial charge in [0.15, 0.2) is 0 Å². The average molecular weight is 513 g/mol. The van der Waals surface area contributed by atoms with Crippen molar-refractivity contribution in [3.8, 4) is 0 Å². The lowest BCUT2D eigenvalue weighted by Gasteiger charge is -2.40. The summed E-state index contributed by atoms with van der Waals surface area (Å²) in [6.45, 7) is 4.63. The summed E-state index contributed by atoms with van der Waals surface area (Å²) in [4.78, 5) is 28.6. The van der Waals surface area contributed by atoms with Crippen LogP contribution in [-0.4, -0.2) is 48.6 Å². The van der Waals surface area contributed by atoms with Gasteiger partial charge in [0, 0.05) is 18.5 Å². The zero-order chi connectivity index (χ0) is 25.9. The van der Waals surface area contributed by atoms with Crippen molar-refractivity contribution in [1.82, 2.24) is 9.21 Å². The maximum atomic E-state index is 13.6.